The molecular formula is C27H31N5O2. The van der Waals surface area contributed by atoms with Crippen molar-refractivity contribution in [1.29, 1.82) is 0 Å². The summed E-state index contributed by atoms with van der Waals surface area (Å²) < 4.78 is 2.08. The van der Waals surface area contributed by atoms with Crippen LogP contribution in [0.4, 0.5) is 22.7 Å². The molecule has 0 aliphatic rings. The fourth-order valence-corrected chi connectivity index (χ4v) is 3.60. The Morgan fingerprint density at radius 3 is 1.24 bits per heavy atom. The van der Waals surface area contributed by atoms with E-state index in [9.17, 15) is 9.59 Å². The number of nitrogens with zero attached hydrogens (tertiary/aromatic N) is 5. The number of benzene rings is 2. The van der Waals surface area contributed by atoms with E-state index in [4.69, 9.17) is 9.98 Å². The number of hydrogen-bond acceptors (Lipinski definition) is 4. The maximum atomic E-state index is 11.5. The molecule has 0 N–H and O–H groups in total. The van der Waals surface area contributed by atoms with Gasteiger partial charge in [-0.05, 0) is 74.5 Å². The highest BCUT2D eigenvalue weighted by Crippen LogP contribution is 2.22. The summed E-state index contributed by atoms with van der Waals surface area (Å²) in [6.45, 7) is 7.03. The Morgan fingerprint density at radius 2 is 0.941 bits per heavy atom. The third kappa shape index (κ3) is 5.49. The molecule has 0 spiro atoms. The lowest BCUT2D eigenvalue weighted by Crippen LogP contribution is -2.22. The highest BCUT2D eigenvalue weighted by molar-refractivity contribution is 6.04. The minimum Gasteiger partial charge on any atom is -0.342 e. The first-order valence-corrected chi connectivity index (χ1v) is 11.0. The molecule has 0 aliphatic carbocycles. The zero-order valence-electron chi connectivity index (χ0n) is 20.8. The predicted molar refractivity (Wildman–Crippen MR) is 140 cm³/mol. The van der Waals surface area contributed by atoms with Crippen LogP contribution in [0.1, 0.15) is 39.1 Å². The van der Waals surface area contributed by atoms with E-state index >= 15 is 0 Å². The molecule has 176 valence electrons. The monoisotopic (exact) mass is 457 g/mol. The second-order valence-electron chi connectivity index (χ2n) is 8.25. The number of carbonyl (C=O) groups is 2. The van der Waals surface area contributed by atoms with Gasteiger partial charge < -0.3 is 14.4 Å². The second kappa shape index (κ2) is 10.3. The lowest BCUT2D eigenvalue weighted by molar-refractivity contribution is -0.117. The van der Waals surface area contributed by atoms with E-state index in [2.05, 4.69) is 4.57 Å². The fraction of sp³-hybridized carbons (Fsp3) is 0.259. The number of aromatic nitrogens is 1. The van der Waals surface area contributed by atoms with Gasteiger partial charge in [-0.1, -0.05) is 0 Å². The Hall–Kier alpha value is -4.00. The van der Waals surface area contributed by atoms with Crippen LogP contribution in [0.25, 0.3) is 0 Å². The van der Waals surface area contributed by atoms with Crippen molar-refractivity contribution in [3.63, 3.8) is 0 Å². The topological polar surface area (TPSA) is 70.3 Å². The molecule has 7 nitrogen and oxygen atoms in total. The first-order chi connectivity index (χ1) is 16.1. The molecular weight excluding hydrogens is 426 g/mol. The average Bonchev–Trinajstić information content (AvgIpc) is 3.20. The van der Waals surface area contributed by atoms with Crippen LogP contribution in [0.15, 0.2) is 70.6 Å². The summed E-state index contributed by atoms with van der Waals surface area (Å²) in [4.78, 5) is 35.8. The van der Waals surface area contributed by atoms with Gasteiger partial charge in [0.2, 0.25) is 11.8 Å². The maximum Gasteiger partial charge on any atom is 0.223 e. The van der Waals surface area contributed by atoms with Crippen molar-refractivity contribution in [3.8, 4) is 0 Å². The predicted octanol–water partition coefficient (Wildman–Crippen LogP) is 5.27. The van der Waals surface area contributed by atoms with E-state index in [1.807, 2.05) is 81.6 Å². The molecule has 3 rings (SSSR count). The molecule has 0 bridgehead atoms. The summed E-state index contributed by atoms with van der Waals surface area (Å²) in [7, 11) is 5.50. The van der Waals surface area contributed by atoms with Crippen LogP contribution >= 0.6 is 0 Å². The molecule has 7 heteroatoms. The minimum atomic E-state index is -0.0138. The maximum absolute atomic E-state index is 11.5. The Balaban J connectivity index is 1.80. The molecule has 2 aromatic carbocycles. The van der Waals surface area contributed by atoms with E-state index in [0.717, 1.165) is 45.6 Å². The van der Waals surface area contributed by atoms with Crippen molar-refractivity contribution in [1.82, 2.24) is 4.57 Å². The number of amides is 2. The van der Waals surface area contributed by atoms with Gasteiger partial charge in [-0.2, -0.15) is 0 Å². The number of carbonyl (C=O) groups excluding carboxylic acids is 2. The highest BCUT2D eigenvalue weighted by atomic mass is 16.2. The Labute approximate surface area is 201 Å². The zero-order valence-corrected chi connectivity index (χ0v) is 20.8. The van der Waals surface area contributed by atoms with E-state index < -0.39 is 0 Å². The van der Waals surface area contributed by atoms with Crippen molar-refractivity contribution in [2.45, 2.75) is 27.7 Å². The van der Waals surface area contributed by atoms with Crippen molar-refractivity contribution < 1.29 is 9.59 Å². The number of rotatable bonds is 6. The van der Waals surface area contributed by atoms with Gasteiger partial charge in [-0.3, -0.25) is 19.6 Å². The third-order valence-electron chi connectivity index (χ3n) is 5.88. The van der Waals surface area contributed by atoms with Gasteiger partial charge in [0.05, 0.1) is 34.2 Å². The van der Waals surface area contributed by atoms with Crippen LogP contribution in [-0.2, 0) is 16.6 Å². The molecule has 0 aliphatic heterocycles. The van der Waals surface area contributed by atoms with Crippen LogP contribution in [0, 0.1) is 0 Å². The molecule has 0 fully saturated rings. The molecule has 1 aromatic heterocycles. The summed E-state index contributed by atoms with van der Waals surface area (Å²) in [6, 6.07) is 19.3. The fourth-order valence-electron chi connectivity index (χ4n) is 3.60. The van der Waals surface area contributed by atoms with Gasteiger partial charge in [0.25, 0.3) is 0 Å². The Kier molecular flexibility index (Phi) is 7.46. The van der Waals surface area contributed by atoms with E-state index in [1.165, 1.54) is 13.8 Å². The average molecular weight is 458 g/mol. The normalized spacial score (nSPS) is 12.0. The number of aliphatic imine (C=N–C) groups is 2. The summed E-state index contributed by atoms with van der Waals surface area (Å²) in [5, 5.41) is 0. The first kappa shape index (κ1) is 24.6. The smallest absolute Gasteiger partial charge is 0.223 e. The van der Waals surface area contributed by atoms with E-state index in [-0.39, 0.29) is 11.8 Å². The molecule has 0 radical (unpaired) electrons. The Morgan fingerprint density at radius 1 is 0.618 bits per heavy atom. The third-order valence-corrected chi connectivity index (χ3v) is 5.88. The molecule has 3 aromatic rings. The van der Waals surface area contributed by atoms with Gasteiger partial charge in [0.15, 0.2) is 0 Å². The summed E-state index contributed by atoms with van der Waals surface area (Å²) in [6.07, 6.45) is 0. The summed E-state index contributed by atoms with van der Waals surface area (Å²) >= 11 is 0. The number of hydrogen-bond donors (Lipinski definition) is 0. The van der Waals surface area contributed by atoms with Crippen molar-refractivity contribution in [2.75, 3.05) is 23.9 Å². The minimum absolute atomic E-state index is 0.0138. The quantitative estimate of drug-likeness (QED) is 0.473. The SMILES string of the molecule is CC(=O)N(C)c1ccc(N=C(C)c2ccc(C(C)=Nc3ccc(N(C)C(C)=O)cc3)n2C)cc1. The van der Waals surface area contributed by atoms with E-state index in [0.29, 0.717) is 0 Å². The van der Waals surface area contributed by atoms with Crippen LogP contribution in [0.5, 0.6) is 0 Å². The van der Waals surface area contributed by atoms with Crippen LogP contribution in [-0.4, -0.2) is 41.9 Å². The standard InChI is InChI=1S/C27H31N5O2/c1-18(28-22-8-12-24(13-9-22)30(5)20(3)33)26-16-17-27(32(26)7)19(2)29-23-10-14-25(15-11-23)31(6)21(4)34/h8-17H,1-7H3. The van der Waals surface area contributed by atoms with Crippen molar-refractivity contribution in [3.05, 3.63) is 72.1 Å². The highest BCUT2D eigenvalue weighted by Gasteiger charge is 2.11. The first-order valence-electron chi connectivity index (χ1n) is 11.0. The van der Waals surface area contributed by atoms with Gasteiger partial charge in [0.1, 0.15) is 0 Å². The molecule has 0 atom stereocenters. The Bertz CT molecular complexity index is 1150. The molecule has 0 unspecified atom stereocenters. The van der Waals surface area contributed by atoms with Crippen molar-refractivity contribution in [2.24, 2.45) is 17.0 Å². The van der Waals surface area contributed by atoms with Crippen LogP contribution < -0.4 is 9.80 Å². The summed E-state index contributed by atoms with van der Waals surface area (Å²) in [5.41, 5.74) is 7.05. The number of anilines is 2. The summed E-state index contributed by atoms with van der Waals surface area (Å²) in [5.74, 6) is -0.0275. The molecule has 0 saturated carbocycles. The molecule has 34 heavy (non-hydrogen) atoms. The lowest BCUT2D eigenvalue weighted by atomic mass is 10.2. The molecule has 1 heterocycles. The molecule has 0 saturated heterocycles. The van der Waals surface area contributed by atoms with Crippen molar-refractivity contribution >= 4 is 46.0 Å². The largest absolute Gasteiger partial charge is 0.342 e. The van der Waals surface area contributed by atoms with E-state index in [1.54, 1.807) is 23.9 Å². The second-order valence-corrected chi connectivity index (χ2v) is 8.25. The van der Waals surface area contributed by atoms with Gasteiger partial charge in [-0.15, -0.1) is 0 Å². The lowest BCUT2D eigenvalue weighted by Gasteiger charge is -2.15. The van der Waals surface area contributed by atoms with Gasteiger partial charge >= 0.3 is 0 Å². The van der Waals surface area contributed by atoms with Crippen LogP contribution in [0.2, 0.25) is 0 Å². The van der Waals surface area contributed by atoms with Crippen LogP contribution in [0.3, 0.4) is 0 Å². The zero-order chi connectivity index (χ0) is 25.0. The van der Waals surface area contributed by atoms with Gasteiger partial charge in [-0.25, -0.2) is 0 Å². The van der Waals surface area contributed by atoms with Gasteiger partial charge in [0, 0.05) is 46.4 Å². The molecule has 2 amide bonds.